The molecule has 0 radical (unpaired) electrons. The average molecular weight is 414 g/mol. The summed E-state index contributed by atoms with van der Waals surface area (Å²) in [6.45, 7) is 9.81. The first-order chi connectivity index (χ1) is 14.3. The summed E-state index contributed by atoms with van der Waals surface area (Å²) in [4.78, 5) is 44.7. The summed E-state index contributed by atoms with van der Waals surface area (Å²) in [6, 6.07) is 10.5. The van der Waals surface area contributed by atoms with Gasteiger partial charge in [-0.15, -0.1) is 9.78 Å². The predicted molar refractivity (Wildman–Crippen MR) is 113 cm³/mol. The average Bonchev–Trinajstić information content (AvgIpc) is 2.73. The lowest BCUT2D eigenvalue weighted by atomic mass is 10.1. The van der Waals surface area contributed by atoms with Crippen molar-refractivity contribution in [2.75, 3.05) is 0 Å². The maximum atomic E-state index is 12.3. The second-order valence-electron chi connectivity index (χ2n) is 7.46. The number of carbonyl (C=O) groups is 2. The Morgan fingerprint density at radius 1 is 0.733 bits per heavy atom. The molecule has 2 aromatic rings. The number of benzene rings is 2. The Bertz CT molecular complexity index is 806. The van der Waals surface area contributed by atoms with E-state index in [2.05, 4.69) is 6.92 Å². The van der Waals surface area contributed by atoms with Crippen LogP contribution >= 0.6 is 0 Å². The second-order valence-corrected chi connectivity index (χ2v) is 7.46. The second kappa shape index (κ2) is 11.5. The molecule has 0 spiro atoms. The highest BCUT2D eigenvalue weighted by Gasteiger charge is 2.20. The molecular weight excluding hydrogens is 384 g/mol. The zero-order valence-corrected chi connectivity index (χ0v) is 18.3. The Morgan fingerprint density at radius 2 is 1.20 bits per heavy atom. The van der Waals surface area contributed by atoms with Crippen LogP contribution in [-0.4, -0.2) is 18.2 Å². The minimum Gasteiger partial charge on any atom is -0.290 e. The smallest absolute Gasteiger partial charge is 0.290 e. The molecule has 6 heteroatoms. The third kappa shape index (κ3) is 6.97. The highest BCUT2D eigenvalue weighted by atomic mass is 17.3. The van der Waals surface area contributed by atoms with E-state index in [-0.39, 0.29) is 0 Å². The number of rotatable bonds is 10. The van der Waals surface area contributed by atoms with Crippen molar-refractivity contribution in [1.29, 1.82) is 0 Å². The molecule has 0 amide bonds. The summed E-state index contributed by atoms with van der Waals surface area (Å²) in [7, 11) is 0. The fourth-order valence-electron chi connectivity index (χ4n) is 2.70. The minimum atomic E-state index is -1.01. The van der Waals surface area contributed by atoms with Crippen molar-refractivity contribution < 1.29 is 29.1 Å². The Hall–Kier alpha value is -2.70. The Morgan fingerprint density at radius 3 is 1.60 bits per heavy atom. The molecular formula is C24H30O6. The van der Waals surface area contributed by atoms with Crippen molar-refractivity contribution in [3.8, 4) is 0 Å². The van der Waals surface area contributed by atoms with Crippen LogP contribution < -0.4 is 0 Å². The zero-order chi connectivity index (χ0) is 22.1. The number of hydrogen-bond donors (Lipinski definition) is 0. The first-order valence-corrected chi connectivity index (χ1v) is 10.2. The van der Waals surface area contributed by atoms with E-state index in [1.165, 1.54) is 0 Å². The van der Waals surface area contributed by atoms with Gasteiger partial charge in [-0.25, -0.2) is 9.59 Å². The van der Waals surface area contributed by atoms with Crippen LogP contribution in [0.1, 0.15) is 75.6 Å². The molecule has 0 heterocycles. The number of aryl methyl sites for hydroxylation is 4. The van der Waals surface area contributed by atoms with Crippen molar-refractivity contribution in [2.45, 2.75) is 66.6 Å². The van der Waals surface area contributed by atoms with Crippen LogP contribution in [0.25, 0.3) is 0 Å². The summed E-state index contributed by atoms with van der Waals surface area (Å²) in [5.41, 5.74) is 4.85. The number of hydrogen-bond acceptors (Lipinski definition) is 6. The quantitative estimate of drug-likeness (QED) is 0.215. The van der Waals surface area contributed by atoms with Gasteiger partial charge in [0, 0.05) is 6.42 Å². The molecule has 0 bridgehead atoms. The van der Waals surface area contributed by atoms with Gasteiger partial charge in [0.2, 0.25) is 6.29 Å². The molecule has 0 aliphatic carbocycles. The molecule has 6 nitrogen and oxygen atoms in total. The molecule has 162 valence electrons. The zero-order valence-electron chi connectivity index (χ0n) is 18.3. The van der Waals surface area contributed by atoms with Crippen LogP contribution in [0.2, 0.25) is 0 Å². The molecule has 0 aromatic heterocycles. The minimum absolute atomic E-state index is 0.373. The normalized spacial score (nSPS) is 10.9. The third-order valence-corrected chi connectivity index (χ3v) is 4.99. The van der Waals surface area contributed by atoms with Crippen molar-refractivity contribution in [3.05, 3.63) is 69.8 Å². The van der Waals surface area contributed by atoms with Crippen LogP contribution in [0.5, 0.6) is 0 Å². The van der Waals surface area contributed by atoms with Crippen LogP contribution in [0.15, 0.2) is 36.4 Å². The summed E-state index contributed by atoms with van der Waals surface area (Å²) < 4.78 is 0. The van der Waals surface area contributed by atoms with Crippen LogP contribution in [0.3, 0.4) is 0 Å². The summed E-state index contributed by atoms with van der Waals surface area (Å²) in [5, 5.41) is 0. The lowest BCUT2D eigenvalue weighted by Crippen LogP contribution is -2.22. The topological polar surface area (TPSA) is 71.1 Å². The van der Waals surface area contributed by atoms with E-state index >= 15 is 0 Å². The van der Waals surface area contributed by atoms with E-state index < -0.39 is 18.2 Å². The fraction of sp³-hybridized carbons (Fsp3) is 0.417. The van der Waals surface area contributed by atoms with Gasteiger partial charge in [-0.1, -0.05) is 31.9 Å². The lowest BCUT2D eigenvalue weighted by molar-refractivity contribution is -0.421. The molecule has 2 rings (SSSR count). The van der Waals surface area contributed by atoms with Crippen molar-refractivity contribution in [1.82, 2.24) is 0 Å². The predicted octanol–water partition coefficient (Wildman–Crippen LogP) is 5.70. The molecule has 0 saturated heterocycles. The van der Waals surface area contributed by atoms with E-state index in [0.29, 0.717) is 17.5 Å². The first kappa shape index (κ1) is 23.6. The molecule has 30 heavy (non-hydrogen) atoms. The van der Waals surface area contributed by atoms with Gasteiger partial charge in [0.25, 0.3) is 0 Å². The maximum Gasteiger partial charge on any atom is 0.373 e. The van der Waals surface area contributed by atoms with E-state index in [0.717, 1.165) is 41.5 Å². The van der Waals surface area contributed by atoms with Crippen LogP contribution in [-0.2, 0) is 19.6 Å². The van der Waals surface area contributed by atoms with Gasteiger partial charge >= 0.3 is 11.9 Å². The molecule has 0 unspecified atom stereocenters. The monoisotopic (exact) mass is 414 g/mol. The van der Waals surface area contributed by atoms with Gasteiger partial charge < -0.3 is 0 Å². The van der Waals surface area contributed by atoms with Gasteiger partial charge in [0.15, 0.2) is 0 Å². The number of carbonyl (C=O) groups excluding carboxylic acids is 2. The van der Waals surface area contributed by atoms with E-state index in [1.54, 1.807) is 24.3 Å². The van der Waals surface area contributed by atoms with E-state index in [4.69, 9.17) is 19.6 Å². The largest absolute Gasteiger partial charge is 0.373 e. The first-order valence-electron chi connectivity index (χ1n) is 10.2. The lowest BCUT2D eigenvalue weighted by Gasteiger charge is -2.15. The molecule has 0 N–H and O–H groups in total. The molecule has 0 fully saturated rings. The van der Waals surface area contributed by atoms with Gasteiger partial charge in [-0.3, -0.25) is 9.78 Å². The van der Waals surface area contributed by atoms with Crippen LogP contribution in [0.4, 0.5) is 0 Å². The third-order valence-electron chi connectivity index (χ3n) is 4.99. The summed E-state index contributed by atoms with van der Waals surface area (Å²) in [6.07, 6.45) is 2.11. The van der Waals surface area contributed by atoms with E-state index in [9.17, 15) is 9.59 Å². The molecule has 0 saturated carbocycles. The molecule has 0 aliphatic rings. The summed E-state index contributed by atoms with van der Waals surface area (Å²) >= 11 is 0. The van der Waals surface area contributed by atoms with Crippen molar-refractivity contribution in [2.24, 2.45) is 0 Å². The highest BCUT2D eigenvalue weighted by molar-refractivity contribution is 5.89. The van der Waals surface area contributed by atoms with Gasteiger partial charge in [0.1, 0.15) is 0 Å². The van der Waals surface area contributed by atoms with E-state index in [1.807, 2.05) is 39.8 Å². The standard InChI is InChI=1S/C24H30O6/c1-6-7-8-9-22(27-29-23(25)20-12-10-16(2)18(4)14-20)28-30-24(26)21-13-11-17(3)19(5)15-21/h10-15,22H,6-9H2,1-5H3. The van der Waals surface area contributed by atoms with Gasteiger partial charge in [0.05, 0.1) is 11.1 Å². The van der Waals surface area contributed by atoms with Gasteiger partial charge in [-0.2, -0.15) is 0 Å². The summed E-state index contributed by atoms with van der Waals surface area (Å²) in [5.74, 6) is -1.27. The Kier molecular flexibility index (Phi) is 9.02. The maximum absolute atomic E-state index is 12.3. The Labute approximate surface area is 178 Å². The fourth-order valence-corrected chi connectivity index (χ4v) is 2.70. The molecule has 0 atom stereocenters. The highest BCUT2D eigenvalue weighted by Crippen LogP contribution is 2.15. The Balaban J connectivity index is 1.95. The van der Waals surface area contributed by atoms with Crippen LogP contribution in [0, 0.1) is 27.7 Å². The van der Waals surface area contributed by atoms with Crippen molar-refractivity contribution >= 4 is 11.9 Å². The van der Waals surface area contributed by atoms with Crippen molar-refractivity contribution in [3.63, 3.8) is 0 Å². The molecule has 2 aromatic carbocycles. The SMILES string of the molecule is CCCCCC(OOC(=O)c1ccc(C)c(C)c1)OOC(=O)c1ccc(C)c(C)c1. The number of unbranched alkanes of at least 4 members (excludes halogenated alkanes) is 2. The van der Waals surface area contributed by atoms with Gasteiger partial charge in [-0.05, 0) is 80.6 Å². The molecule has 0 aliphatic heterocycles.